The van der Waals surface area contributed by atoms with Crippen LogP contribution in [0.15, 0.2) is 33.9 Å². The van der Waals surface area contributed by atoms with Crippen LogP contribution in [-0.4, -0.2) is 11.3 Å². The van der Waals surface area contributed by atoms with Crippen molar-refractivity contribution in [3.8, 4) is 0 Å². The Labute approximate surface area is 57.9 Å². The van der Waals surface area contributed by atoms with E-state index in [1.165, 1.54) is 0 Å². The summed E-state index contributed by atoms with van der Waals surface area (Å²) in [5.41, 5.74) is 0. The monoisotopic (exact) mass is 138 g/mol. The largest absolute Gasteiger partial charge is 0.173 e. The van der Waals surface area contributed by atoms with Crippen LogP contribution < -0.4 is 0 Å². The van der Waals surface area contributed by atoms with Crippen molar-refractivity contribution in [2.45, 2.75) is 11.3 Å². The van der Waals surface area contributed by atoms with Gasteiger partial charge < -0.3 is 0 Å². The maximum absolute atomic E-state index is 4.01. The molecule has 1 aliphatic carbocycles. The lowest BCUT2D eigenvalue weighted by molar-refractivity contribution is 0.835. The molecular weight excluding hydrogens is 132 g/mol. The molecule has 0 radical (unpaired) electrons. The number of allylic oxidation sites excluding steroid dienone is 2. The van der Waals surface area contributed by atoms with Crippen LogP contribution in [0.2, 0.25) is 0 Å². The average molecular weight is 138 g/mol. The summed E-state index contributed by atoms with van der Waals surface area (Å²) in [5.74, 6) is 0. The molecule has 0 spiro atoms. The minimum Gasteiger partial charge on any atom is -0.173 e. The highest BCUT2D eigenvalue weighted by Crippen LogP contribution is 2.30. The second kappa shape index (κ2) is 1.99. The molecule has 1 heterocycles. The molecule has 2 atom stereocenters. The lowest BCUT2D eigenvalue weighted by atomic mass is 10.1. The summed E-state index contributed by atoms with van der Waals surface area (Å²) in [6.45, 7) is 0. The van der Waals surface area contributed by atoms with Gasteiger partial charge in [-0.05, 0) is 0 Å². The van der Waals surface area contributed by atoms with Crippen LogP contribution in [-0.2, 0) is 0 Å². The van der Waals surface area contributed by atoms with Gasteiger partial charge in [0, 0.05) is 11.9 Å². The molecule has 3 heteroatoms. The van der Waals surface area contributed by atoms with Gasteiger partial charge in [-0.1, -0.05) is 24.3 Å². The molecule has 1 aliphatic heterocycles. The van der Waals surface area contributed by atoms with E-state index in [1.54, 1.807) is 11.9 Å². The smallest absolute Gasteiger partial charge is 0.107 e. The Hall–Kier alpha value is -0.570. The molecule has 0 aromatic heterocycles. The van der Waals surface area contributed by atoms with Crippen molar-refractivity contribution in [1.29, 1.82) is 0 Å². The van der Waals surface area contributed by atoms with Gasteiger partial charge in [-0.25, -0.2) is 0 Å². The van der Waals surface area contributed by atoms with Crippen molar-refractivity contribution in [1.82, 2.24) is 0 Å². The van der Waals surface area contributed by atoms with Crippen molar-refractivity contribution < 1.29 is 0 Å². The van der Waals surface area contributed by atoms with Gasteiger partial charge in [0.25, 0.3) is 0 Å². The van der Waals surface area contributed by atoms with Crippen molar-refractivity contribution >= 4 is 11.9 Å². The standard InChI is InChI=1S/C6H6N2S/c1-2-4-6-5(3-1)7-8-9-6/h1-6H. The van der Waals surface area contributed by atoms with E-state index in [4.69, 9.17) is 0 Å². The summed E-state index contributed by atoms with van der Waals surface area (Å²) in [6.07, 6.45) is 8.28. The quantitative estimate of drug-likeness (QED) is 0.470. The Morgan fingerprint density at radius 1 is 1.22 bits per heavy atom. The van der Waals surface area contributed by atoms with Crippen LogP contribution in [0.25, 0.3) is 0 Å². The van der Waals surface area contributed by atoms with Gasteiger partial charge in [-0.2, -0.15) is 5.11 Å². The van der Waals surface area contributed by atoms with Crippen LogP contribution in [0.4, 0.5) is 0 Å². The molecule has 0 saturated carbocycles. The fourth-order valence-corrected chi connectivity index (χ4v) is 1.62. The molecule has 2 unspecified atom stereocenters. The third-order valence-corrected chi connectivity index (χ3v) is 2.27. The average Bonchev–Trinajstić information content (AvgIpc) is 2.33. The van der Waals surface area contributed by atoms with E-state index >= 15 is 0 Å². The van der Waals surface area contributed by atoms with E-state index in [0.29, 0.717) is 11.3 Å². The van der Waals surface area contributed by atoms with Crippen molar-refractivity contribution in [2.75, 3.05) is 0 Å². The Balaban J connectivity index is 2.25. The fraction of sp³-hybridized carbons (Fsp3) is 0.333. The molecule has 0 amide bonds. The van der Waals surface area contributed by atoms with E-state index in [0.717, 1.165) is 0 Å². The van der Waals surface area contributed by atoms with E-state index in [-0.39, 0.29) is 0 Å². The zero-order valence-corrected chi connectivity index (χ0v) is 5.58. The van der Waals surface area contributed by atoms with Gasteiger partial charge in [-0.3, -0.25) is 0 Å². The molecule has 0 aromatic carbocycles. The van der Waals surface area contributed by atoms with Crippen LogP contribution >= 0.6 is 11.9 Å². The van der Waals surface area contributed by atoms with E-state index in [9.17, 15) is 0 Å². The first-order valence-corrected chi connectivity index (χ1v) is 3.71. The van der Waals surface area contributed by atoms with Gasteiger partial charge in [0.15, 0.2) is 0 Å². The number of rotatable bonds is 0. The lowest BCUT2D eigenvalue weighted by Gasteiger charge is -2.07. The van der Waals surface area contributed by atoms with Gasteiger partial charge in [0.2, 0.25) is 0 Å². The zero-order chi connectivity index (χ0) is 6.10. The molecular formula is C6H6N2S. The Bertz CT molecular complexity index is 195. The summed E-state index contributed by atoms with van der Waals surface area (Å²) in [6, 6.07) is 0.319. The van der Waals surface area contributed by atoms with Crippen LogP contribution in [0, 0.1) is 0 Å². The van der Waals surface area contributed by atoms with Gasteiger partial charge in [0.1, 0.15) is 6.04 Å². The summed E-state index contributed by atoms with van der Waals surface area (Å²) < 4.78 is 3.87. The predicted octanol–water partition coefficient (Wildman–Crippen LogP) is 1.96. The number of fused-ring (bicyclic) bond motifs is 1. The van der Waals surface area contributed by atoms with E-state index in [1.807, 2.05) is 12.2 Å². The Kier molecular flexibility index (Phi) is 1.16. The molecule has 0 saturated heterocycles. The molecule has 2 aliphatic rings. The fourth-order valence-electron chi connectivity index (χ4n) is 0.913. The topological polar surface area (TPSA) is 24.7 Å². The molecule has 46 valence electrons. The normalized spacial score (nSPS) is 37.3. The highest BCUT2D eigenvalue weighted by Gasteiger charge is 2.22. The minimum absolute atomic E-state index is 0.319. The minimum atomic E-state index is 0.319. The first-order valence-electron chi connectivity index (χ1n) is 2.88. The Morgan fingerprint density at radius 2 is 2.11 bits per heavy atom. The molecule has 0 N–H and O–H groups in total. The second-order valence-corrected chi connectivity index (χ2v) is 2.95. The van der Waals surface area contributed by atoms with E-state index in [2.05, 4.69) is 21.8 Å². The van der Waals surface area contributed by atoms with Crippen LogP contribution in [0.5, 0.6) is 0 Å². The summed E-state index contributed by atoms with van der Waals surface area (Å²) >= 11 is 1.55. The summed E-state index contributed by atoms with van der Waals surface area (Å²) in [5, 5.41) is 4.49. The Morgan fingerprint density at radius 3 is 3.00 bits per heavy atom. The highest BCUT2D eigenvalue weighted by atomic mass is 32.2. The highest BCUT2D eigenvalue weighted by molar-refractivity contribution is 7.98. The van der Waals surface area contributed by atoms with Gasteiger partial charge in [0.05, 0.1) is 5.25 Å². The first kappa shape index (κ1) is 5.23. The predicted molar refractivity (Wildman–Crippen MR) is 38.3 cm³/mol. The van der Waals surface area contributed by atoms with Crippen molar-refractivity contribution in [3.05, 3.63) is 24.3 Å². The number of hydrogen-bond donors (Lipinski definition) is 0. The zero-order valence-electron chi connectivity index (χ0n) is 4.77. The number of nitrogens with zero attached hydrogens (tertiary/aromatic N) is 2. The third-order valence-electron chi connectivity index (χ3n) is 1.41. The number of hydrogen-bond acceptors (Lipinski definition) is 3. The van der Waals surface area contributed by atoms with Crippen LogP contribution in [0.3, 0.4) is 0 Å². The molecule has 0 bridgehead atoms. The maximum atomic E-state index is 4.01. The molecule has 0 aromatic rings. The molecule has 0 fully saturated rings. The molecule has 9 heavy (non-hydrogen) atoms. The molecule has 2 rings (SSSR count). The van der Waals surface area contributed by atoms with Gasteiger partial charge >= 0.3 is 0 Å². The third kappa shape index (κ3) is 0.812. The molecule has 2 nitrogen and oxygen atoms in total. The van der Waals surface area contributed by atoms with Gasteiger partial charge in [-0.15, -0.1) is 4.52 Å². The van der Waals surface area contributed by atoms with Crippen LogP contribution in [0.1, 0.15) is 0 Å². The van der Waals surface area contributed by atoms with E-state index < -0.39 is 0 Å². The SMILES string of the molecule is C1=CC2N=NSC2C=C1. The summed E-state index contributed by atoms with van der Waals surface area (Å²) in [7, 11) is 0. The van der Waals surface area contributed by atoms with Crippen molar-refractivity contribution in [3.63, 3.8) is 0 Å². The lowest BCUT2D eigenvalue weighted by Crippen LogP contribution is -2.13. The summed E-state index contributed by atoms with van der Waals surface area (Å²) in [4.78, 5) is 0. The van der Waals surface area contributed by atoms with Crippen molar-refractivity contribution in [2.24, 2.45) is 9.63 Å². The maximum Gasteiger partial charge on any atom is 0.107 e. The first-order chi connectivity index (χ1) is 4.47. The second-order valence-electron chi connectivity index (χ2n) is 2.03.